The van der Waals surface area contributed by atoms with E-state index in [1.165, 1.54) is 73.7 Å². The SMILES string of the molecule is C=C(C(CCCCN=C(N)N)CNC(=CCC)C(CN)Cc1ccccc1)N1CCC(N2CCCC2)CC1.C=CN.C=CN.CC(C)C.Cc1ccccc1. The molecule has 2 aliphatic rings. The lowest BCUT2D eigenvalue weighted by Crippen LogP contribution is -2.45. The van der Waals surface area contributed by atoms with Gasteiger partial charge in [0.05, 0.1) is 0 Å². The van der Waals surface area contributed by atoms with E-state index in [0.717, 1.165) is 63.7 Å². The van der Waals surface area contributed by atoms with Crippen LogP contribution in [0.15, 0.2) is 115 Å². The summed E-state index contributed by atoms with van der Waals surface area (Å²) < 4.78 is 0. The number of nitrogens with two attached hydrogens (primary N) is 5. The van der Waals surface area contributed by atoms with E-state index in [4.69, 9.17) is 17.2 Å². The predicted molar refractivity (Wildman–Crippen MR) is 242 cm³/mol. The number of benzene rings is 2. The molecule has 0 amide bonds. The lowest BCUT2D eigenvalue weighted by atomic mass is 9.93. The Balaban J connectivity index is 0.00000142. The smallest absolute Gasteiger partial charge is 0.185 e. The van der Waals surface area contributed by atoms with Crippen LogP contribution >= 0.6 is 0 Å². The molecule has 55 heavy (non-hydrogen) atoms. The van der Waals surface area contributed by atoms with Crippen LogP contribution in [0.2, 0.25) is 0 Å². The highest BCUT2D eigenvalue weighted by atomic mass is 15.2. The molecule has 2 fully saturated rings. The molecule has 0 bridgehead atoms. The van der Waals surface area contributed by atoms with Crippen molar-refractivity contribution < 1.29 is 0 Å². The Bertz CT molecular complexity index is 1270. The van der Waals surface area contributed by atoms with Crippen molar-refractivity contribution in [3.05, 3.63) is 121 Å². The van der Waals surface area contributed by atoms with Crippen molar-refractivity contribution in [2.24, 2.45) is 51.4 Å². The Morgan fingerprint density at radius 3 is 1.85 bits per heavy atom. The van der Waals surface area contributed by atoms with Gasteiger partial charge < -0.3 is 43.8 Å². The van der Waals surface area contributed by atoms with E-state index in [-0.39, 0.29) is 11.9 Å². The van der Waals surface area contributed by atoms with Crippen molar-refractivity contribution in [2.45, 2.75) is 98.4 Å². The summed E-state index contributed by atoms with van der Waals surface area (Å²) in [5, 5.41) is 3.84. The zero-order chi connectivity index (χ0) is 41.3. The lowest BCUT2D eigenvalue weighted by Gasteiger charge is -2.40. The molecule has 2 unspecified atom stereocenters. The molecular formula is C46H81N9. The van der Waals surface area contributed by atoms with Crippen LogP contribution < -0.4 is 34.0 Å². The third-order valence-electron chi connectivity index (χ3n) is 9.22. The number of unbranched alkanes of at least 4 members (excludes halogenated alkanes) is 1. The predicted octanol–water partition coefficient (Wildman–Crippen LogP) is 7.66. The van der Waals surface area contributed by atoms with Crippen LogP contribution in [0, 0.1) is 24.7 Å². The summed E-state index contributed by atoms with van der Waals surface area (Å²) in [5.74, 6) is 1.66. The van der Waals surface area contributed by atoms with E-state index < -0.39 is 0 Å². The second-order valence-corrected chi connectivity index (χ2v) is 14.9. The van der Waals surface area contributed by atoms with Gasteiger partial charge in [-0.3, -0.25) is 4.99 Å². The fraction of sp³-hybridized carbons (Fsp3) is 0.543. The Labute approximate surface area is 337 Å². The Morgan fingerprint density at radius 1 is 0.873 bits per heavy atom. The maximum Gasteiger partial charge on any atom is 0.185 e. The van der Waals surface area contributed by atoms with E-state index >= 15 is 0 Å². The molecule has 0 spiro atoms. The minimum Gasteiger partial charge on any atom is -0.405 e. The van der Waals surface area contributed by atoms with Crippen LogP contribution in [0.25, 0.3) is 0 Å². The zero-order valence-corrected chi connectivity index (χ0v) is 35.5. The molecule has 2 aromatic carbocycles. The number of hydrogen-bond acceptors (Lipinski definition) is 7. The highest BCUT2D eigenvalue weighted by molar-refractivity contribution is 5.75. The van der Waals surface area contributed by atoms with E-state index in [2.05, 4.69) is 134 Å². The van der Waals surface area contributed by atoms with Gasteiger partial charge in [-0.25, -0.2) is 0 Å². The van der Waals surface area contributed by atoms with Crippen LogP contribution in [0.3, 0.4) is 0 Å². The first-order valence-electron chi connectivity index (χ1n) is 20.6. The van der Waals surface area contributed by atoms with Gasteiger partial charge in [0.2, 0.25) is 0 Å². The number of guanidine groups is 1. The molecule has 9 heteroatoms. The molecule has 2 heterocycles. The number of rotatable bonds is 16. The van der Waals surface area contributed by atoms with Crippen LogP contribution in [-0.2, 0) is 6.42 Å². The molecule has 0 aromatic heterocycles. The van der Waals surface area contributed by atoms with Gasteiger partial charge in [0.25, 0.3) is 0 Å². The third-order valence-corrected chi connectivity index (χ3v) is 9.22. The molecule has 11 N–H and O–H groups in total. The number of nitrogens with one attached hydrogen (secondary N) is 1. The maximum atomic E-state index is 6.29. The number of aliphatic imine (C=N–C) groups is 1. The molecule has 9 nitrogen and oxygen atoms in total. The number of piperidine rings is 1. The van der Waals surface area contributed by atoms with Gasteiger partial charge in [0.1, 0.15) is 0 Å². The Hall–Kier alpha value is -4.21. The molecule has 0 aliphatic carbocycles. The summed E-state index contributed by atoms with van der Waals surface area (Å²) >= 11 is 0. The number of allylic oxidation sites excluding steroid dienone is 1. The molecule has 4 rings (SSSR count). The third kappa shape index (κ3) is 25.5. The lowest BCUT2D eigenvalue weighted by molar-refractivity contribution is 0.139. The van der Waals surface area contributed by atoms with Gasteiger partial charge in [0, 0.05) is 62.0 Å². The average Bonchev–Trinajstić information content (AvgIpc) is 3.71. The Kier molecular flexibility index (Phi) is 30.6. The largest absolute Gasteiger partial charge is 0.405 e. The van der Waals surface area contributed by atoms with Crippen molar-refractivity contribution in [3.63, 3.8) is 0 Å². The van der Waals surface area contributed by atoms with Crippen molar-refractivity contribution >= 4 is 5.96 Å². The zero-order valence-electron chi connectivity index (χ0n) is 35.5. The van der Waals surface area contributed by atoms with Gasteiger partial charge in [-0.05, 0) is 95.3 Å². The molecule has 2 aliphatic heterocycles. The summed E-state index contributed by atoms with van der Waals surface area (Å²) in [6, 6.07) is 21.7. The van der Waals surface area contributed by atoms with Crippen molar-refractivity contribution in [1.29, 1.82) is 0 Å². The van der Waals surface area contributed by atoms with Gasteiger partial charge in [-0.1, -0.05) is 126 Å². The second kappa shape index (κ2) is 33.2. The molecule has 2 aromatic rings. The minimum absolute atomic E-state index is 0.175. The summed E-state index contributed by atoms with van der Waals surface area (Å²) in [5.41, 5.74) is 31.8. The van der Waals surface area contributed by atoms with Gasteiger partial charge in [-0.15, -0.1) is 0 Å². The first kappa shape index (κ1) is 50.8. The highest BCUT2D eigenvalue weighted by Gasteiger charge is 2.29. The number of hydrogen-bond donors (Lipinski definition) is 6. The van der Waals surface area contributed by atoms with Crippen LogP contribution in [0.5, 0.6) is 0 Å². The van der Waals surface area contributed by atoms with Gasteiger partial charge in [-0.2, -0.15) is 0 Å². The van der Waals surface area contributed by atoms with Gasteiger partial charge >= 0.3 is 0 Å². The van der Waals surface area contributed by atoms with E-state index in [1.807, 2.05) is 18.2 Å². The normalized spacial score (nSPS) is 15.2. The topological polar surface area (TPSA) is 161 Å². The summed E-state index contributed by atoms with van der Waals surface area (Å²) in [4.78, 5) is 9.44. The van der Waals surface area contributed by atoms with Crippen LogP contribution in [0.1, 0.15) is 90.2 Å². The molecule has 310 valence electrons. The van der Waals surface area contributed by atoms with Crippen LogP contribution in [-0.4, -0.2) is 67.6 Å². The van der Waals surface area contributed by atoms with E-state index in [1.54, 1.807) is 0 Å². The standard InChI is InChI=1S/C31H53N7.C7H8.C4H10.2C2H5N/c1-3-11-30(28(23-32)22-26-12-5-4-6-13-26)36-24-27(14-7-8-17-35-31(33)34)25(2)37-20-15-29(16-21-37)38-18-9-10-19-38;1-7-5-3-2-4-6-7;1-4(2)3;2*1-2-3/h4-6,11-13,27-29,36H,2-3,7-10,14-24,32H2,1H3,(H4,33,34,35);2-6H,1H3;4H,1-3H3;2*2H,1,3H2. The maximum absolute atomic E-state index is 6.29. The summed E-state index contributed by atoms with van der Waals surface area (Å²) in [6.07, 6.45) is 15.1. The molecular weight excluding hydrogens is 679 g/mol. The quantitative estimate of drug-likeness (QED) is 0.0578. The molecule has 2 atom stereocenters. The Morgan fingerprint density at radius 2 is 1.40 bits per heavy atom. The van der Waals surface area contributed by atoms with Crippen molar-refractivity contribution in [3.8, 4) is 0 Å². The monoisotopic (exact) mass is 760 g/mol. The molecule has 0 radical (unpaired) electrons. The molecule has 2 saturated heterocycles. The van der Waals surface area contributed by atoms with E-state index in [0.29, 0.717) is 19.0 Å². The number of nitrogens with zero attached hydrogens (tertiary/aromatic N) is 3. The first-order chi connectivity index (χ1) is 26.5. The second-order valence-electron chi connectivity index (χ2n) is 14.9. The average molecular weight is 760 g/mol. The number of likely N-dealkylation sites (tertiary alicyclic amines) is 2. The fourth-order valence-corrected chi connectivity index (χ4v) is 6.58. The first-order valence-corrected chi connectivity index (χ1v) is 20.6. The summed E-state index contributed by atoms with van der Waals surface area (Å²) in [7, 11) is 0. The van der Waals surface area contributed by atoms with Gasteiger partial charge in [0.15, 0.2) is 5.96 Å². The summed E-state index contributed by atoms with van der Waals surface area (Å²) in [6.45, 7) is 28.7. The van der Waals surface area contributed by atoms with Crippen LogP contribution in [0.4, 0.5) is 0 Å². The minimum atomic E-state index is 0.175. The van der Waals surface area contributed by atoms with Crippen molar-refractivity contribution in [1.82, 2.24) is 15.1 Å². The fourth-order valence-electron chi connectivity index (χ4n) is 6.58. The highest BCUT2D eigenvalue weighted by Crippen LogP contribution is 2.27. The molecule has 0 saturated carbocycles. The van der Waals surface area contributed by atoms with Crippen molar-refractivity contribution in [2.75, 3.05) is 45.8 Å². The van der Waals surface area contributed by atoms with E-state index in [9.17, 15) is 0 Å². The number of aryl methyl sites for hydroxylation is 1.